The van der Waals surface area contributed by atoms with Crippen LogP contribution in [0.1, 0.15) is 24.8 Å². The number of thiophene rings is 1. The minimum atomic E-state index is -0.967. The lowest BCUT2D eigenvalue weighted by molar-refractivity contribution is -0.129. The minimum absolute atomic E-state index is 0.216. The van der Waals surface area contributed by atoms with Crippen LogP contribution in [0.3, 0.4) is 0 Å². The molecule has 2 atom stereocenters. The smallest absolute Gasteiger partial charge is 0.118 e. The average molecular weight is 335 g/mol. The lowest BCUT2D eigenvalue weighted by Crippen LogP contribution is -2.51. The molecule has 1 aromatic carbocycles. The van der Waals surface area contributed by atoms with Crippen molar-refractivity contribution in [3.63, 3.8) is 0 Å². The average Bonchev–Trinajstić information content (AvgIpc) is 3.08. The van der Waals surface area contributed by atoms with Crippen molar-refractivity contribution in [1.82, 2.24) is 5.32 Å². The Labute approximate surface area is 141 Å². The van der Waals surface area contributed by atoms with Crippen molar-refractivity contribution in [2.24, 2.45) is 0 Å². The van der Waals surface area contributed by atoms with Crippen molar-refractivity contribution in [2.45, 2.75) is 31.0 Å². The van der Waals surface area contributed by atoms with Crippen LogP contribution in [-0.2, 0) is 15.1 Å². The number of nitrogens with one attached hydrogen (secondary N) is 1. The quantitative estimate of drug-likeness (QED) is 0.764. The van der Waals surface area contributed by atoms with Gasteiger partial charge in [0.15, 0.2) is 0 Å². The Morgan fingerprint density at radius 3 is 3.09 bits per heavy atom. The van der Waals surface area contributed by atoms with E-state index < -0.39 is 5.60 Å². The molecule has 1 aliphatic heterocycles. The van der Waals surface area contributed by atoms with Crippen molar-refractivity contribution in [3.05, 3.63) is 35.2 Å². The molecule has 2 unspecified atom stereocenters. The van der Waals surface area contributed by atoms with Crippen LogP contribution in [0.4, 0.5) is 0 Å². The molecular weight excluding hydrogens is 310 g/mol. The predicted octanol–water partition coefficient (Wildman–Crippen LogP) is 2.89. The second-order valence-electron chi connectivity index (χ2n) is 6.08. The van der Waals surface area contributed by atoms with Gasteiger partial charge in [-0.2, -0.15) is 0 Å². The third-order valence-electron chi connectivity index (χ3n) is 4.56. The van der Waals surface area contributed by atoms with Gasteiger partial charge in [-0.3, -0.25) is 0 Å². The summed E-state index contributed by atoms with van der Waals surface area (Å²) in [5.41, 5.74) is 0.0297. The van der Waals surface area contributed by atoms with Gasteiger partial charge in [0.1, 0.15) is 11.7 Å². The van der Waals surface area contributed by atoms with Gasteiger partial charge in [-0.1, -0.05) is 18.2 Å². The van der Waals surface area contributed by atoms with Crippen molar-refractivity contribution >= 4 is 21.4 Å². The van der Waals surface area contributed by atoms with Gasteiger partial charge in [0.05, 0.1) is 6.61 Å². The maximum Gasteiger partial charge on any atom is 0.118 e. The first-order chi connectivity index (χ1) is 11.3. The summed E-state index contributed by atoms with van der Waals surface area (Å²) in [5.74, 6) is 0. The zero-order chi connectivity index (χ0) is 16.1. The maximum atomic E-state index is 11.6. The Morgan fingerprint density at radius 1 is 1.39 bits per heavy atom. The molecule has 2 aromatic rings. The zero-order valence-electron chi connectivity index (χ0n) is 13.6. The molecule has 2 N–H and O–H groups in total. The van der Waals surface area contributed by atoms with Crippen LogP contribution < -0.4 is 5.32 Å². The predicted molar refractivity (Wildman–Crippen MR) is 94.1 cm³/mol. The summed E-state index contributed by atoms with van der Waals surface area (Å²) < 4.78 is 12.2. The van der Waals surface area contributed by atoms with E-state index in [1.807, 2.05) is 12.1 Å². The summed E-state index contributed by atoms with van der Waals surface area (Å²) in [6.45, 7) is 2.90. The molecule has 3 rings (SSSR count). The number of benzene rings is 1. The minimum Gasteiger partial charge on any atom is -0.385 e. The molecule has 23 heavy (non-hydrogen) atoms. The number of hydrogen-bond donors (Lipinski definition) is 2. The van der Waals surface area contributed by atoms with E-state index in [1.54, 1.807) is 18.4 Å². The SMILES string of the molecule is COCCCCC(O)(c1cccc2ccsc12)C1CNCCO1. The number of morpholine rings is 1. The fourth-order valence-corrected chi connectivity index (χ4v) is 4.31. The number of rotatable bonds is 7. The van der Waals surface area contributed by atoms with E-state index in [1.165, 1.54) is 5.39 Å². The Hall–Kier alpha value is -0.980. The van der Waals surface area contributed by atoms with Gasteiger partial charge in [-0.25, -0.2) is 0 Å². The highest BCUT2D eigenvalue weighted by Crippen LogP contribution is 2.39. The van der Waals surface area contributed by atoms with Crippen molar-refractivity contribution in [2.75, 3.05) is 33.4 Å². The van der Waals surface area contributed by atoms with Crippen molar-refractivity contribution in [3.8, 4) is 0 Å². The third kappa shape index (κ3) is 3.59. The monoisotopic (exact) mass is 335 g/mol. The number of ether oxygens (including phenoxy) is 2. The first kappa shape index (κ1) is 16.9. The van der Waals surface area contributed by atoms with Crippen LogP contribution >= 0.6 is 11.3 Å². The van der Waals surface area contributed by atoms with Gasteiger partial charge in [0, 0.05) is 37.1 Å². The first-order valence-corrected chi connectivity index (χ1v) is 9.14. The fourth-order valence-electron chi connectivity index (χ4n) is 3.32. The lowest BCUT2D eigenvalue weighted by atomic mass is 9.82. The molecule has 0 radical (unpaired) electrons. The molecule has 1 aliphatic rings. The molecule has 1 fully saturated rings. The van der Waals surface area contributed by atoms with E-state index in [-0.39, 0.29) is 6.10 Å². The van der Waals surface area contributed by atoms with Gasteiger partial charge in [0.2, 0.25) is 0 Å². The number of unbranched alkanes of at least 4 members (excludes halogenated alkanes) is 1. The summed E-state index contributed by atoms with van der Waals surface area (Å²) in [6, 6.07) is 8.28. The van der Waals surface area contributed by atoms with E-state index in [0.717, 1.165) is 36.3 Å². The molecule has 2 heterocycles. The summed E-state index contributed by atoms with van der Waals surface area (Å²) in [4.78, 5) is 0. The van der Waals surface area contributed by atoms with Crippen LogP contribution in [0.25, 0.3) is 10.1 Å². The second-order valence-corrected chi connectivity index (χ2v) is 7.00. The normalized spacial score (nSPS) is 21.4. The van der Waals surface area contributed by atoms with E-state index >= 15 is 0 Å². The summed E-state index contributed by atoms with van der Waals surface area (Å²) in [5, 5.41) is 18.2. The van der Waals surface area contributed by atoms with E-state index in [9.17, 15) is 5.11 Å². The summed E-state index contributed by atoms with van der Waals surface area (Å²) >= 11 is 1.69. The Kier molecular flexibility index (Phi) is 5.67. The molecular formula is C18H25NO3S. The number of fused-ring (bicyclic) bond motifs is 1. The van der Waals surface area contributed by atoms with Crippen LogP contribution in [0.15, 0.2) is 29.6 Å². The molecule has 0 bridgehead atoms. The number of methoxy groups -OCH3 is 1. The van der Waals surface area contributed by atoms with Gasteiger partial charge in [-0.15, -0.1) is 11.3 Å². The molecule has 5 heteroatoms. The fraction of sp³-hybridized carbons (Fsp3) is 0.556. The topological polar surface area (TPSA) is 50.7 Å². The highest BCUT2D eigenvalue weighted by molar-refractivity contribution is 7.17. The van der Waals surface area contributed by atoms with Gasteiger partial charge < -0.3 is 19.9 Å². The lowest BCUT2D eigenvalue weighted by Gasteiger charge is -2.39. The van der Waals surface area contributed by atoms with Crippen LogP contribution in [0, 0.1) is 0 Å². The molecule has 1 saturated heterocycles. The Morgan fingerprint density at radius 2 is 2.30 bits per heavy atom. The third-order valence-corrected chi connectivity index (χ3v) is 5.53. The van der Waals surface area contributed by atoms with E-state index in [0.29, 0.717) is 19.6 Å². The Bertz CT molecular complexity index is 624. The first-order valence-electron chi connectivity index (χ1n) is 8.26. The van der Waals surface area contributed by atoms with E-state index in [2.05, 4.69) is 22.8 Å². The molecule has 1 aromatic heterocycles. The van der Waals surface area contributed by atoms with Crippen LogP contribution in [0.2, 0.25) is 0 Å². The standard InChI is InChI=1S/C18H25NO3S/c1-21-10-3-2-8-18(20,16-13-19-9-11-22-16)15-6-4-5-14-7-12-23-17(14)15/h4-7,12,16,19-20H,2-3,8-11,13H2,1H3. The Balaban J connectivity index is 1.91. The highest BCUT2D eigenvalue weighted by atomic mass is 32.1. The molecule has 126 valence electrons. The molecule has 0 spiro atoms. The van der Waals surface area contributed by atoms with Gasteiger partial charge >= 0.3 is 0 Å². The summed E-state index contributed by atoms with van der Waals surface area (Å²) in [6.07, 6.45) is 2.32. The molecule has 0 aliphatic carbocycles. The number of aliphatic hydroxyl groups is 1. The maximum absolute atomic E-state index is 11.6. The second kappa shape index (κ2) is 7.73. The van der Waals surface area contributed by atoms with Gasteiger partial charge in [-0.05, 0) is 36.1 Å². The van der Waals surface area contributed by atoms with Crippen LogP contribution in [0.5, 0.6) is 0 Å². The molecule has 0 saturated carbocycles. The number of hydrogen-bond acceptors (Lipinski definition) is 5. The largest absolute Gasteiger partial charge is 0.385 e. The zero-order valence-corrected chi connectivity index (χ0v) is 14.4. The van der Waals surface area contributed by atoms with E-state index in [4.69, 9.17) is 9.47 Å². The molecule has 0 amide bonds. The van der Waals surface area contributed by atoms with Gasteiger partial charge in [0.25, 0.3) is 0 Å². The van der Waals surface area contributed by atoms with Crippen molar-refractivity contribution < 1.29 is 14.6 Å². The van der Waals surface area contributed by atoms with Crippen LogP contribution in [-0.4, -0.2) is 44.6 Å². The summed E-state index contributed by atoms with van der Waals surface area (Å²) in [7, 11) is 1.72. The highest BCUT2D eigenvalue weighted by Gasteiger charge is 2.41. The molecule has 4 nitrogen and oxygen atoms in total. The van der Waals surface area contributed by atoms with Crippen molar-refractivity contribution in [1.29, 1.82) is 0 Å².